The molecule has 0 aromatic heterocycles. The highest BCUT2D eigenvalue weighted by molar-refractivity contribution is 5.98. The van der Waals surface area contributed by atoms with Crippen LogP contribution in [0.3, 0.4) is 0 Å². The predicted octanol–water partition coefficient (Wildman–Crippen LogP) is 0.617. The minimum absolute atomic E-state index is 0.116. The van der Waals surface area contributed by atoms with E-state index in [2.05, 4.69) is 5.32 Å². The highest BCUT2D eigenvalue weighted by Gasteiger charge is 2.22. The van der Waals surface area contributed by atoms with Gasteiger partial charge in [0.1, 0.15) is 5.75 Å². The van der Waals surface area contributed by atoms with Crippen molar-refractivity contribution in [1.82, 2.24) is 0 Å². The van der Waals surface area contributed by atoms with Crippen molar-refractivity contribution in [3.63, 3.8) is 0 Å². The van der Waals surface area contributed by atoms with Gasteiger partial charge in [0.25, 0.3) is 0 Å². The summed E-state index contributed by atoms with van der Waals surface area (Å²) in [6.45, 7) is 3.38. The number of nitrogens with two attached hydrogens (primary N) is 2. The Morgan fingerprint density at radius 1 is 1.32 bits per heavy atom. The summed E-state index contributed by atoms with van der Waals surface area (Å²) in [5.74, 6) is -0.288. The molecule has 0 saturated heterocycles. The van der Waals surface area contributed by atoms with Crippen molar-refractivity contribution in [2.75, 3.05) is 11.9 Å². The second-order valence-electron chi connectivity index (χ2n) is 4.74. The van der Waals surface area contributed by atoms with E-state index in [4.69, 9.17) is 16.2 Å². The fourth-order valence-corrected chi connectivity index (χ4v) is 1.24. The minimum atomic E-state index is -0.986. The lowest BCUT2D eigenvalue weighted by molar-refractivity contribution is -0.120. The molecule has 0 saturated carbocycles. The van der Waals surface area contributed by atoms with E-state index in [0.717, 1.165) is 0 Å². The Kier molecular flexibility index (Phi) is 4.88. The zero-order valence-electron chi connectivity index (χ0n) is 11.1. The number of para-hydroxylation sites is 2. The number of benzene rings is 1. The van der Waals surface area contributed by atoms with Crippen LogP contribution in [0.1, 0.15) is 20.3 Å². The average Bonchev–Trinajstić information content (AvgIpc) is 2.29. The molecular weight excluding hydrogens is 246 g/mol. The number of anilines is 1. The summed E-state index contributed by atoms with van der Waals surface area (Å²) in [5.41, 5.74) is 10.3. The van der Waals surface area contributed by atoms with Crippen LogP contribution in [0.25, 0.3) is 0 Å². The molecule has 0 aliphatic rings. The Morgan fingerprint density at radius 3 is 2.53 bits per heavy atom. The first-order valence-corrected chi connectivity index (χ1v) is 5.91. The number of primary amides is 1. The van der Waals surface area contributed by atoms with Crippen LogP contribution in [0.15, 0.2) is 24.3 Å². The zero-order valence-corrected chi connectivity index (χ0v) is 11.1. The van der Waals surface area contributed by atoms with Crippen LogP contribution in [0, 0.1) is 0 Å². The third-order valence-corrected chi connectivity index (χ3v) is 2.33. The molecule has 6 heteroatoms. The van der Waals surface area contributed by atoms with E-state index in [0.29, 0.717) is 11.4 Å². The lowest BCUT2D eigenvalue weighted by Gasteiger charge is -2.19. The molecule has 0 atom stereocenters. The summed E-state index contributed by atoms with van der Waals surface area (Å²) in [6, 6.07) is 6.92. The Bertz CT molecular complexity index is 466. The summed E-state index contributed by atoms with van der Waals surface area (Å²) in [4.78, 5) is 22.4. The second-order valence-corrected chi connectivity index (χ2v) is 4.74. The Morgan fingerprint density at radius 2 is 1.95 bits per heavy atom. The molecule has 0 radical (unpaired) electrons. The van der Waals surface area contributed by atoms with Crippen LogP contribution < -0.4 is 21.5 Å². The molecule has 0 aliphatic carbocycles. The van der Waals surface area contributed by atoms with E-state index in [1.165, 1.54) is 0 Å². The molecule has 0 fully saturated rings. The van der Waals surface area contributed by atoms with E-state index < -0.39 is 11.4 Å². The lowest BCUT2D eigenvalue weighted by Crippen LogP contribution is -2.45. The Balaban J connectivity index is 2.73. The molecule has 104 valence electrons. The molecule has 1 rings (SSSR count). The largest absolute Gasteiger partial charge is 0.491 e. The number of carbonyl (C=O) groups excluding carboxylic acids is 2. The molecule has 1 aromatic carbocycles. The zero-order chi connectivity index (χ0) is 14.5. The van der Waals surface area contributed by atoms with Crippen molar-refractivity contribution in [3.05, 3.63) is 24.3 Å². The fraction of sp³-hybridized carbons (Fsp3) is 0.385. The highest BCUT2D eigenvalue weighted by Crippen LogP contribution is 2.24. The van der Waals surface area contributed by atoms with E-state index in [1.807, 2.05) is 0 Å². The molecule has 0 bridgehead atoms. The summed E-state index contributed by atoms with van der Waals surface area (Å²) in [5, 5.41) is 2.68. The third kappa shape index (κ3) is 4.97. The van der Waals surface area contributed by atoms with Crippen LogP contribution in [0.2, 0.25) is 0 Å². The van der Waals surface area contributed by atoms with Crippen LogP contribution in [0.4, 0.5) is 5.69 Å². The number of ether oxygens (including phenoxy) is 1. The first-order valence-electron chi connectivity index (χ1n) is 5.91. The number of rotatable bonds is 6. The van der Waals surface area contributed by atoms with Crippen molar-refractivity contribution in [1.29, 1.82) is 0 Å². The van der Waals surface area contributed by atoms with Gasteiger partial charge in [-0.25, -0.2) is 0 Å². The first-order chi connectivity index (χ1) is 8.80. The lowest BCUT2D eigenvalue weighted by atomic mass is 10.1. The quantitative estimate of drug-likeness (QED) is 0.700. The molecule has 0 aliphatic heterocycles. The van der Waals surface area contributed by atoms with Gasteiger partial charge >= 0.3 is 0 Å². The van der Waals surface area contributed by atoms with Crippen LogP contribution in [0.5, 0.6) is 5.75 Å². The van der Waals surface area contributed by atoms with Gasteiger partial charge in [-0.2, -0.15) is 0 Å². The van der Waals surface area contributed by atoms with Gasteiger partial charge in [0.15, 0.2) is 0 Å². The smallest absolute Gasteiger partial charge is 0.243 e. The summed E-state index contributed by atoms with van der Waals surface area (Å²) < 4.78 is 5.41. The van der Waals surface area contributed by atoms with Crippen molar-refractivity contribution >= 4 is 17.5 Å². The van der Waals surface area contributed by atoms with Crippen LogP contribution >= 0.6 is 0 Å². The van der Waals surface area contributed by atoms with E-state index in [1.54, 1.807) is 38.1 Å². The summed E-state index contributed by atoms with van der Waals surface area (Å²) >= 11 is 0. The maximum Gasteiger partial charge on any atom is 0.243 e. The molecular formula is C13H19N3O3. The second kappa shape index (κ2) is 6.19. The number of hydrogen-bond acceptors (Lipinski definition) is 4. The molecule has 0 spiro atoms. The molecule has 6 nitrogen and oxygen atoms in total. The topological polar surface area (TPSA) is 107 Å². The summed E-state index contributed by atoms with van der Waals surface area (Å²) in [7, 11) is 0. The SMILES string of the molecule is CC(C)(N)C(=O)Nc1ccccc1OCCC(N)=O. The Labute approximate surface area is 112 Å². The van der Waals surface area contributed by atoms with Gasteiger partial charge in [-0.1, -0.05) is 12.1 Å². The average molecular weight is 265 g/mol. The van der Waals surface area contributed by atoms with Crippen LogP contribution in [-0.4, -0.2) is 24.0 Å². The van der Waals surface area contributed by atoms with E-state index in [9.17, 15) is 9.59 Å². The maximum atomic E-state index is 11.8. The number of carbonyl (C=O) groups is 2. The number of nitrogens with one attached hydrogen (secondary N) is 1. The number of hydrogen-bond donors (Lipinski definition) is 3. The molecule has 0 unspecified atom stereocenters. The van der Waals surface area contributed by atoms with Gasteiger partial charge in [0.05, 0.1) is 24.3 Å². The van der Waals surface area contributed by atoms with Gasteiger partial charge < -0.3 is 21.5 Å². The predicted molar refractivity (Wildman–Crippen MR) is 72.6 cm³/mol. The summed E-state index contributed by atoms with van der Waals surface area (Å²) in [6.07, 6.45) is 0.116. The standard InChI is InChI=1S/C13H19N3O3/c1-13(2,15)12(18)16-9-5-3-4-6-10(9)19-8-7-11(14)17/h3-6H,7-8,15H2,1-2H3,(H2,14,17)(H,16,18). The van der Waals surface area contributed by atoms with Gasteiger partial charge in [-0.05, 0) is 26.0 Å². The van der Waals surface area contributed by atoms with Crippen molar-refractivity contribution in [2.45, 2.75) is 25.8 Å². The van der Waals surface area contributed by atoms with Gasteiger partial charge in [0.2, 0.25) is 11.8 Å². The van der Waals surface area contributed by atoms with Crippen molar-refractivity contribution < 1.29 is 14.3 Å². The monoisotopic (exact) mass is 265 g/mol. The fourth-order valence-electron chi connectivity index (χ4n) is 1.24. The molecule has 0 heterocycles. The maximum absolute atomic E-state index is 11.8. The van der Waals surface area contributed by atoms with E-state index >= 15 is 0 Å². The normalized spacial score (nSPS) is 10.9. The molecule has 2 amide bonds. The van der Waals surface area contributed by atoms with Crippen LogP contribution in [-0.2, 0) is 9.59 Å². The van der Waals surface area contributed by atoms with Gasteiger partial charge in [-0.3, -0.25) is 9.59 Å². The van der Waals surface area contributed by atoms with Crippen molar-refractivity contribution in [2.24, 2.45) is 11.5 Å². The van der Waals surface area contributed by atoms with Gasteiger partial charge in [-0.15, -0.1) is 0 Å². The first kappa shape index (κ1) is 15.0. The molecule has 19 heavy (non-hydrogen) atoms. The van der Waals surface area contributed by atoms with Crippen molar-refractivity contribution in [3.8, 4) is 5.75 Å². The van der Waals surface area contributed by atoms with E-state index in [-0.39, 0.29) is 18.9 Å². The molecule has 5 N–H and O–H groups in total. The third-order valence-electron chi connectivity index (χ3n) is 2.33. The van der Waals surface area contributed by atoms with Gasteiger partial charge in [0, 0.05) is 0 Å². The highest BCUT2D eigenvalue weighted by atomic mass is 16.5. The number of amides is 2. The Hall–Kier alpha value is -2.08. The molecule has 1 aromatic rings. The minimum Gasteiger partial charge on any atom is -0.491 e.